The molecule has 0 aliphatic heterocycles. The molecule has 0 unspecified atom stereocenters. The lowest BCUT2D eigenvalue weighted by molar-refractivity contribution is 0.338. The Morgan fingerprint density at radius 1 is 1.26 bits per heavy atom. The number of nitrogens with zero attached hydrogens (tertiary/aromatic N) is 1. The zero-order valence-electron chi connectivity index (χ0n) is 11.2. The van der Waals surface area contributed by atoms with Crippen LogP contribution in [0.5, 0.6) is 0 Å². The fraction of sp³-hybridized carbons (Fsp3) is 0.571. The van der Waals surface area contributed by atoms with Crippen molar-refractivity contribution >= 4 is 26.0 Å². The average molecular weight is 346 g/mol. The molecule has 3 nitrogen and oxygen atoms in total. The largest absolute Gasteiger partial charge is 0.243 e. The van der Waals surface area contributed by atoms with Gasteiger partial charge in [0.15, 0.2) is 0 Å². The maximum Gasteiger partial charge on any atom is 0.243 e. The second-order valence-electron chi connectivity index (χ2n) is 5.01. The van der Waals surface area contributed by atoms with Crippen LogP contribution in [0.3, 0.4) is 0 Å². The Hall–Kier alpha value is -0.390. The van der Waals surface area contributed by atoms with Gasteiger partial charge in [-0.1, -0.05) is 47.0 Å². The Morgan fingerprint density at radius 2 is 1.89 bits per heavy atom. The normalized spacial score (nSPS) is 17.2. The molecule has 106 valence electrons. The zero-order valence-corrected chi connectivity index (χ0v) is 13.6. The van der Waals surface area contributed by atoms with Crippen molar-refractivity contribution in [1.29, 1.82) is 0 Å². The summed E-state index contributed by atoms with van der Waals surface area (Å²) in [6.07, 6.45) is 4.23. The zero-order chi connectivity index (χ0) is 13.9. The summed E-state index contributed by atoms with van der Waals surface area (Å²) in [6, 6.07) is 7.40. The van der Waals surface area contributed by atoms with Gasteiger partial charge in [-0.2, -0.15) is 4.31 Å². The van der Waals surface area contributed by atoms with Gasteiger partial charge in [0.05, 0.1) is 4.90 Å². The van der Waals surface area contributed by atoms with Crippen molar-refractivity contribution < 1.29 is 8.42 Å². The van der Waals surface area contributed by atoms with Gasteiger partial charge in [0.1, 0.15) is 0 Å². The predicted octanol–water partition coefficient (Wildman–Crippen LogP) is 3.32. The van der Waals surface area contributed by atoms with Crippen molar-refractivity contribution in [2.45, 2.75) is 43.5 Å². The molecule has 0 amide bonds. The van der Waals surface area contributed by atoms with E-state index < -0.39 is 10.0 Å². The second kappa shape index (κ2) is 6.37. The third-order valence-corrected chi connectivity index (χ3v) is 6.18. The second-order valence-corrected chi connectivity index (χ2v) is 7.66. The quantitative estimate of drug-likeness (QED) is 0.767. The van der Waals surface area contributed by atoms with Crippen LogP contribution >= 0.6 is 15.9 Å². The molecule has 1 aromatic carbocycles. The molecule has 0 radical (unpaired) electrons. The van der Waals surface area contributed by atoms with Gasteiger partial charge in [-0.3, -0.25) is 0 Å². The van der Waals surface area contributed by atoms with Crippen molar-refractivity contribution in [3.8, 4) is 0 Å². The molecule has 19 heavy (non-hydrogen) atoms. The number of hydrogen-bond donors (Lipinski definition) is 0. The molecular weight excluding hydrogens is 326 g/mol. The molecule has 2 rings (SSSR count). The SMILES string of the molecule is Cc1ccccc1S(=O)(=O)N(CCBr)C1CCCC1. The van der Waals surface area contributed by atoms with E-state index >= 15 is 0 Å². The van der Waals surface area contributed by atoms with E-state index in [1.807, 2.05) is 19.1 Å². The summed E-state index contributed by atoms with van der Waals surface area (Å²) >= 11 is 3.37. The molecule has 1 aliphatic carbocycles. The number of aryl methyl sites for hydroxylation is 1. The lowest BCUT2D eigenvalue weighted by Crippen LogP contribution is -2.40. The van der Waals surface area contributed by atoms with Gasteiger partial charge in [0.25, 0.3) is 0 Å². The van der Waals surface area contributed by atoms with E-state index in [4.69, 9.17) is 0 Å². The third-order valence-electron chi connectivity index (χ3n) is 3.72. The van der Waals surface area contributed by atoms with Crippen LogP contribution < -0.4 is 0 Å². The van der Waals surface area contributed by atoms with E-state index in [0.29, 0.717) is 16.8 Å². The van der Waals surface area contributed by atoms with Crippen LogP contribution in [0.25, 0.3) is 0 Å². The van der Waals surface area contributed by atoms with Crippen LogP contribution in [0.1, 0.15) is 31.2 Å². The molecule has 0 aromatic heterocycles. The van der Waals surface area contributed by atoms with Crippen LogP contribution in [0, 0.1) is 6.92 Å². The number of benzene rings is 1. The molecule has 0 N–H and O–H groups in total. The van der Waals surface area contributed by atoms with Gasteiger partial charge in [-0.05, 0) is 31.4 Å². The lowest BCUT2D eigenvalue weighted by Gasteiger charge is -2.28. The first-order valence-electron chi connectivity index (χ1n) is 6.71. The highest BCUT2D eigenvalue weighted by atomic mass is 79.9. The smallest absolute Gasteiger partial charge is 0.207 e. The van der Waals surface area contributed by atoms with E-state index in [1.54, 1.807) is 16.4 Å². The molecule has 0 atom stereocenters. The molecule has 0 bridgehead atoms. The Kier molecular flexibility index (Phi) is 5.03. The van der Waals surface area contributed by atoms with Gasteiger partial charge in [0, 0.05) is 17.9 Å². The van der Waals surface area contributed by atoms with E-state index in [2.05, 4.69) is 15.9 Å². The Morgan fingerprint density at radius 3 is 2.47 bits per heavy atom. The molecule has 0 spiro atoms. The Balaban J connectivity index is 2.36. The van der Waals surface area contributed by atoms with Crippen LogP contribution in [0.15, 0.2) is 29.2 Å². The molecule has 0 saturated heterocycles. The minimum Gasteiger partial charge on any atom is -0.207 e. The molecule has 0 heterocycles. The Bertz CT molecular complexity index is 524. The summed E-state index contributed by atoms with van der Waals surface area (Å²) in [4.78, 5) is 0.447. The lowest BCUT2D eigenvalue weighted by atomic mass is 10.2. The monoisotopic (exact) mass is 345 g/mol. The first-order valence-corrected chi connectivity index (χ1v) is 9.27. The minimum atomic E-state index is -3.37. The molecule has 5 heteroatoms. The van der Waals surface area contributed by atoms with Gasteiger partial charge < -0.3 is 0 Å². The summed E-state index contributed by atoms with van der Waals surface area (Å²) in [7, 11) is -3.37. The molecule has 1 aliphatic rings. The summed E-state index contributed by atoms with van der Waals surface area (Å²) in [6.45, 7) is 2.40. The van der Waals surface area contributed by atoms with E-state index in [1.165, 1.54) is 0 Å². The highest BCUT2D eigenvalue weighted by Gasteiger charge is 2.33. The van der Waals surface area contributed by atoms with Crippen molar-refractivity contribution in [3.05, 3.63) is 29.8 Å². The van der Waals surface area contributed by atoms with Crippen LogP contribution in [0.4, 0.5) is 0 Å². The van der Waals surface area contributed by atoms with Gasteiger partial charge in [-0.15, -0.1) is 0 Å². The van der Waals surface area contributed by atoms with E-state index in [9.17, 15) is 8.42 Å². The molecule has 1 fully saturated rings. The minimum absolute atomic E-state index is 0.169. The Labute approximate surface area is 124 Å². The standard InChI is InChI=1S/C14H20BrNO2S/c1-12-6-2-5-9-14(12)19(17,18)16(11-10-15)13-7-3-4-8-13/h2,5-6,9,13H,3-4,7-8,10-11H2,1H3. The summed E-state index contributed by atoms with van der Waals surface area (Å²) in [5, 5.41) is 0.675. The molecule has 1 aromatic rings. The van der Waals surface area contributed by atoms with Crippen molar-refractivity contribution in [2.75, 3.05) is 11.9 Å². The van der Waals surface area contributed by atoms with Crippen molar-refractivity contribution in [2.24, 2.45) is 0 Å². The number of alkyl halides is 1. The van der Waals surface area contributed by atoms with Crippen LogP contribution in [-0.2, 0) is 10.0 Å². The topological polar surface area (TPSA) is 37.4 Å². The summed E-state index contributed by atoms with van der Waals surface area (Å²) in [5.74, 6) is 0. The maximum absolute atomic E-state index is 12.8. The first kappa shape index (κ1) is 15.0. The van der Waals surface area contributed by atoms with Crippen molar-refractivity contribution in [1.82, 2.24) is 4.31 Å². The first-order chi connectivity index (χ1) is 9.07. The fourth-order valence-corrected chi connectivity index (χ4v) is 5.28. The third kappa shape index (κ3) is 3.20. The van der Waals surface area contributed by atoms with Crippen LogP contribution in [0.2, 0.25) is 0 Å². The number of rotatable bonds is 5. The molecule has 1 saturated carbocycles. The number of hydrogen-bond acceptors (Lipinski definition) is 2. The maximum atomic E-state index is 12.8. The van der Waals surface area contributed by atoms with E-state index in [-0.39, 0.29) is 6.04 Å². The predicted molar refractivity (Wildman–Crippen MR) is 81.1 cm³/mol. The fourth-order valence-electron chi connectivity index (χ4n) is 2.75. The molecular formula is C14H20BrNO2S. The van der Waals surface area contributed by atoms with E-state index in [0.717, 1.165) is 31.2 Å². The van der Waals surface area contributed by atoms with Crippen LogP contribution in [-0.4, -0.2) is 30.6 Å². The van der Waals surface area contributed by atoms with Crippen molar-refractivity contribution in [3.63, 3.8) is 0 Å². The highest BCUT2D eigenvalue weighted by Crippen LogP contribution is 2.29. The number of halogens is 1. The van der Waals surface area contributed by atoms with Gasteiger partial charge in [0.2, 0.25) is 10.0 Å². The summed E-state index contributed by atoms with van der Waals surface area (Å²) < 4.78 is 27.4. The average Bonchev–Trinajstić information content (AvgIpc) is 2.89. The van der Waals surface area contributed by atoms with Gasteiger partial charge in [-0.25, -0.2) is 8.42 Å². The summed E-state index contributed by atoms with van der Waals surface area (Å²) in [5.41, 5.74) is 0.820. The van der Waals surface area contributed by atoms with Gasteiger partial charge >= 0.3 is 0 Å². The highest BCUT2D eigenvalue weighted by molar-refractivity contribution is 9.09. The number of sulfonamides is 1.